The molecule has 0 aliphatic heterocycles. The molecular weight excluding hydrogens is 350 g/mol. The zero-order chi connectivity index (χ0) is 17.1. The zero-order valence-corrected chi connectivity index (χ0v) is 15.9. The fourth-order valence-corrected chi connectivity index (χ4v) is 4.26. The van der Waals surface area contributed by atoms with Crippen molar-refractivity contribution in [1.29, 1.82) is 0 Å². The van der Waals surface area contributed by atoms with Crippen LogP contribution in [-0.2, 0) is 6.42 Å². The minimum absolute atomic E-state index is 0.588. The number of thiophene rings is 1. The summed E-state index contributed by atoms with van der Waals surface area (Å²) in [6.45, 7) is 2.75. The second-order valence-corrected chi connectivity index (χ2v) is 8.36. The molecule has 130 valence electrons. The molecular formula is C19H21N3OS2. The highest BCUT2D eigenvalue weighted by atomic mass is 32.2. The Labute approximate surface area is 156 Å². The summed E-state index contributed by atoms with van der Waals surface area (Å²) in [6, 6.07) is 13.0. The molecule has 3 aromatic rings. The number of nitrogens with zero attached hydrogens (tertiary/aromatic N) is 3. The maximum atomic E-state index is 5.81. The minimum Gasteiger partial charge on any atom is -0.493 e. The van der Waals surface area contributed by atoms with E-state index < -0.39 is 0 Å². The van der Waals surface area contributed by atoms with Gasteiger partial charge < -0.3 is 9.30 Å². The van der Waals surface area contributed by atoms with Crippen molar-refractivity contribution in [1.82, 2.24) is 14.8 Å². The lowest BCUT2D eigenvalue weighted by Gasteiger charge is -2.09. The zero-order valence-electron chi connectivity index (χ0n) is 14.2. The number of thioether (sulfide) groups is 1. The number of aryl methyl sites for hydroxylation is 1. The van der Waals surface area contributed by atoms with Gasteiger partial charge in [-0.3, -0.25) is 0 Å². The average Bonchev–Trinajstić information content (AvgIpc) is 3.17. The first-order valence-electron chi connectivity index (χ1n) is 8.58. The van der Waals surface area contributed by atoms with Crippen molar-refractivity contribution >= 4 is 23.1 Å². The highest BCUT2D eigenvalue weighted by Gasteiger charge is 2.29. The van der Waals surface area contributed by atoms with Crippen molar-refractivity contribution in [3.8, 4) is 5.75 Å². The van der Waals surface area contributed by atoms with E-state index >= 15 is 0 Å². The van der Waals surface area contributed by atoms with Crippen LogP contribution in [-0.4, -0.2) is 27.1 Å². The molecule has 2 heterocycles. The molecule has 0 unspecified atom stereocenters. The molecule has 1 aliphatic carbocycles. The molecule has 1 aliphatic rings. The summed E-state index contributed by atoms with van der Waals surface area (Å²) in [7, 11) is 0. The van der Waals surface area contributed by atoms with E-state index in [9.17, 15) is 0 Å². The molecule has 1 aromatic carbocycles. The summed E-state index contributed by atoms with van der Waals surface area (Å²) >= 11 is 3.52. The second-order valence-electron chi connectivity index (χ2n) is 6.27. The van der Waals surface area contributed by atoms with E-state index in [0.717, 1.165) is 28.9 Å². The predicted octanol–water partition coefficient (Wildman–Crippen LogP) is 4.74. The van der Waals surface area contributed by atoms with Gasteiger partial charge in [-0.25, -0.2) is 0 Å². The van der Waals surface area contributed by atoms with E-state index in [0.29, 0.717) is 12.6 Å². The fourth-order valence-electron chi connectivity index (χ4n) is 2.72. The summed E-state index contributed by atoms with van der Waals surface area (Å²) in [5, 5.41) is 12.0. The second kappa shape index (κ2) is 7.62. The molecule has 0 radical (unpaired) electrons. The third-order valence-corrected chi connectivity index (χ3v) is 5.95. The summed E-state index contributed by atoms with van der Waals surface area (Å²) in [6.07, 6.45) is 3.35. The van der Waals surface area contributed by atoms with Crippen LogP contribution < -0.4 is 4.74 Å². The number of benzene rings is 1. The van der Waals surface area contributed by atoms with Crippen molar-refractivity contribution in [2.24, 2.45) is 0 Å². The van der Waals surface area contributed by atoms with E-state index in [-0.39, 0.29) is 0 Å². The van der Waals surface area contributed by atoms with Crippen molar-refractivity contribution in [3.05, 3.63) is 58.0 Å². The van der Waals surface area contributed by atoms with Gasteiger partial charge in [0.25, 0.3) is 0 Å². The van der Waals surface area contributed by atoms with E-state index in [1.165, 1.54) is 23.3 Å². The van der Waals surface area contributed by atoms with Crippen LogP contribution in [0.3, 0.4) is 0 Å². The molecule has 0 bridgehead atoms. The third kappa shape index (κ3) is 4.25. The lowest BCUT2D eigenvalue weighted by molar-refractivity contribution is 0.343. The van der Waals surface area contributed by atoms with Gasteiger partial charge in [-0.1, -0.05) is 35.5 Å². The number of aromatic nitrogens is 3. The Bertz CT molecular complexity index is 808. The van der Waals surface area contributed by atoms with Crippen LogP contribution in [0, 0.1) is 6.92 Å². The average molecular weight is 372 g/mol. The molecule has 25 heavy (non-hydrogen) atoms. The first-order valence-corrected chi connectivity index (χ1v) is 10.4. The van der Waals surface area contributed by atoms with E-state index in [1.807, 2.05) is 12.1 Å². The number of hydrogen-bond donors (Lipinski definition) is 0. The molecule has 1 saturated carbocycles. The van der Waals surface area contributed by atoms with E-state index in [4.69, 9.17) is 4.74 Å². The first-order chi connectivity index (χ1) is 12.3. The van der Waals surface area contributed by atoms with Gasteiger partial charge in [0, 0.05) is 23.1 Å². The van der Waals surface area contributed by atoms with Crippen LogP contribution in [0.15, 0.2) is 46.9 Å². The monoisotopic (exact) mass is 371 g/mol. The maximum absolute atomic E-state index is 5.81. The smallest absolute Gasteiger partial charge is 0.191 e. The molecule has 4 rings (SSSR count). The molecule has 0 saturated heterocycles. The number of ether oxygens (including phenoxy) is 1. The summed E-state index contributed by atoms with van der Waals surface area (Å²) < 4.78 is 8.16. The molecule has 6 heteroatoms. The summed E-state index contributed by atoms with van der Waals surface area (Å²) in [5.74, 6) is 2.89. The third-order valence-electron chi connectivity index (χ3n) is 4.16. The highest BCUT2D eigenvalue weighted by molar-refractivity contribution is 7.99. The predicted molar refractivity (Wildman–Crippen MR) is 103 cm³/mol. The molecule has 0 N–H and O–H groups in total. The van der Waals surface area contributed by atoms with Gasteiger partial charge in [0.05, 0.1) is 6.61 Å². The Balaban J connectivity index is 1.35. The lowest BCUT2D eigenvalue weighted by Crippen LogP contribution is -2.05. The van der Waals surface area contributed by atoms with Gasteiger partial charge in [-0.15, -0.1) is 21.5 Å². The van der Waals surface area contributed by atoms with Gasteiger partial charge in [-0.05, 0) is 43.3 Å². The lowest BCUT2D eigenvalue weighted by atomic mass is 10.2. The Morgan fingerprint density at radius 1 is 1.20 bits per heavy atom. The largest absolute Gasteiger partial charge is 0.493 e. The van der Waals surface area contributed by atoms with Crippen molar-refractivity contribution in [2.45, 2.75) is 37.4 Å². The van der Waals surface area contributed by atoms with Gasteiger partial charge in [0.1, 0.15) is 11.6 Å². The highest BCUT2D eigenvalue weighted by Crippen LogP contribution is 2.39. The molecule has 2 aromatic heterocycles. The van der Waals surface area contributed by atoms with E-state index in [1.54, 1.807) is 23.1 Å². The normalized spacial score (nSPS) is 14.0. The number of rotatable bonds is 8. The fraction of sp³-hybridized carbons (Fsp3) is 0.368. The topological polar surface area (TPSA) is 39.9 Å². The maximum Gasteiger partial charge on any atom is 0.191 e. The Morgan fingerprint density at radius 3 is 2.76 bits per heavy atom. The van der Waals surface area contributed by atoms with Crippen molar-refractivity contribution in [2.75, 3.05) is 12.4 Å². The summed E-state index contributed by atoms with van der Waals surface area (Å²) in [5.41, 5.74) is 1.25. The van der Waals surface area contributed by atoms with Crippen LogP contribution in [0.1, 0.15) is 35.1 Å². The van der Waals surface area contributed by atoms with Crippen LogP contribution in [0.25, 0.3) is 0 Å². The Hall–Kier alpha value is -1.79. The SMILES string of the molecule is Cc1ccc(OCCSc2nnc(Cc3cccs3)n2C2CC2)cc1. The van der Waals surface area contributed by atoms with E-state index in [2.05, 4.69) is 51.3 Å². The van der Waals surface area contributed by atoms with Crippen molar-refractivity contribution < 1.29 is 4.74 Å². The molecule has 1 fully saturated rings. The van der Waals surface area contributed by atoms with Gasteiger partial charge in [0.15, 0.2) is 5.16 Å². The van der Waals surface area contributed by atoms with Crippen LogP contribution in [0.5, 0.6) is 5.75 Å². The Morgan fingerprint density at radius 2 is 2.04 bits per heavy atom. The first kappa shape index (κ1) is 16.7. The van der Waals surface area contributed by atoms with Gasteiger partial charge in [-0.2, -0.15) is 0 Å². The molecule has 0 amide bonds. The van der Waals surface area contributed by atoms with Gasteiger partial charge >= 0.3 is 0 Å². The van der Waals surface area contributed by atoms with Gasteiger partial charge in [0.2, 0.25) is 0 Å². The molecule has 4 nitrogen and oxygen atoms in total. The summed E-state index contributed by atoms with van der Waals surface area (Å²) in [4.78, 5) is 1.34. The van der Waals surface area contributed by atoms with Crippen LogP contribution in [0.4, 0.5) is 0 Å². The minimum atomic E-state index is 0.588. The quantitative estimate of drug-likeness (QED) is 0.423. The molecule has 0 atom stereocenters. The van der Waals surface area contributed by atoms with Crippen LogP contribution in [0.2, 0.25) is 0 Å². The van der Waals surface area contributed by atoms with Crippen molar-refractivity contribution in [3.63, 3.8) is 0 Å². The standard InChI is InChI=1S/C19H21N3OS2/c1-14-4-8-16(9-5-14)23-10-12-25-19-21-20-18(22(19)15-6-7-15)13-17-3-2-11-24-17/h2-5,8-9,11,15H,6-7,10,12-13H2,1H3. The molecule has 0 spiro atoms. The number of hydrogen-bond acceptors (Lipinski definition) is 5. The Kier molecular flexibility index (Phi) is 5.08. The van der Waals surface area contributed by atoms with Crippen LogP contribution >= 0.6 is 23.1 Å².